The predicted octanol–water partition coefficient (Wildman–Crippen LogP) is 4.42. The standard InChI is InChI=1S/C16H22IN/c1-2-12-18(13-14-8-4-3-5-9-14)16-11-7-6-10-15(16)17/h2-5,8-9,15-16H,1,6-7,10-13H2/t15-,16+/m1/s1. The molecule has 98 valence electrons. The maximum atomic E-state index is 3.92. The summed E-state index contributed by atoms with van der Waals surface area (Å²) in [6, 6.07) is 11.5. The highest BCUT2D eigenvalue weighted by atomic mass is 127. The van der Waals surface area contributed by atoms with E-state index in [-0.39, 0.29) is 0 Å². The van der Waals surface area contributed by atoms with E-state index in [0.29, 0.717) is 0 Å². The van der Waals surface area contributed by atoms with Crippen LogP contribution in [0.5, 0.6) is 0 Å². The molecule has 0 unspecified atom stereocenters. The van der Waals surface area contributed by atoms with Gasteiger partial charge in [-0.25, -0.2) is 0 Å². The Morgan fingerprint density at radius 3 is 2.61 bits per heavy atom. The predicted molar refractivity (Wildman–Crippen MR) is 87.1 cm³/mol. The summed E-state index contributed by atoms with van der Waals surface area (Å²) in [7, 11) is 0. The minimum Gasteiger partial charge on any atom is -0.291 e. The fourth-order valence-corrected chi connectivity index (χ4v) is 4.03. The zero-order valence-electron chi connectivity index (χ0n) is 10.9. The number of hydrogen-bond donors (Lipinski definition) is 0. The molecule has 0 aliphatic heterocycles. The smallest absolute Gasteiger partial charge is 0.0266 e. The lowest BCUT2D eigenvalue weighted by atomic mass is 9.93. The third kappa shape index (κ3) is 3.82. The average molecular weight is 355 g/mol. The van der Waals surface area contributed by atoms with Crippen molar-refractivity contribution in [3.05, 3.63) is 48.6 Å². The molecule has 1 aliphatic rings. The molecular weight excluding hydrogens is 333 g/mol. The summed E-state index contributed by atoms with van der Waals surface area (Å²) in [4.78, 5) is 2.60. The number of halogens is 1. The number of nitrogens with zero attached hydrogens (tertiary/aromatic N) is 1. The van der Waals surface area contributed by atoms with Crippen molar-refractivity contribution in [2.75, 3.05) is 6.54 Å². The quantitative estimate of drug-likeness (QED) is 0.429. The van der Waals surface area contributed by atoms with Crippen LogP contribution in [0.4, 0.5) is 0 Å². The van der Waals surface area contributed by atoms with Gasteiger partial charge in [0.15, 0.2) is 0 Å². The molecule has 2 atom stereocenters. The zero-order chi connectivity index (χ0) is 12.8. The summed E-state index contributed by atoms with van der Waals surface area (Å²) < 4.78 is 0.792. The second kappa shape index (κ2) is 7.29. The van der Waals surface area contributed by atoms with Crippen molar-refractivity contribution in [2.45, 2.75) is 42.2 Å². The number of benzene rings is 1. The van der Waals surface area contributed by atoms with E-state index in [1.165, 1.54) is 31.2 Å². The first-order chi connectivity index (χ1) is 8.81. The molecule has 1 saturated carbocycles. The van der Waals surface area contributed by atoms with Gasteiger partial charge >= 0.3 is 0 Å². The van der Waals surface area contributed by atoms with Gasteiger partial charge in [0, 0.05) is 23.1 Å². The van der Waals surface area contributed by atoms with Crippen LogP contribution in [-0.4, -0.2) is 21.4 Å². The Labute approximate surface area is 124 Å². The zero-order valence-corrected chi connectivity index (χ0v) is 13.1. The van der Waals surface area contributed by atoms with Gasteiger partial charge in [-0.3, -0.25) is 4.90 Å². The van der Waals surface area contributed by atoms with Crippen molar-refractivity contribution in [3.63, 3.8) is 0 Å². The minimum atomic E-state index is 0.720. The Hall–Kier alpha value is -0.350. The molecule has 0 bridgehead atoms. The van der Waals surface area contributed by atoms with Crippen LogP contribution in [0.25, 0.3) is 0 Å². The third-order valence-corrected chi connectivity index (χ3v) is 5.16. The Bertz CT molecular complexity index is 363. The molecule has 0 aromatic heterocycles. The summed E-state index contributed by atoms with van der Waals surface area (Å²) in [5, 5.41) is 0. The van der Waals surface area contributed by atoms with Crippen molar-refractivity contribution < 1.29 is 0 Å². The van der Waals surface area contributed by atoms with E-state index in [1.807, 2.05) is 6.08 Å². The highest BCUT2D eigenvalue weighted by Crippen LogP contribution is 2.29. The summed E-state index contributed by atoms with van der Waals surface area (Å²) in [5.74, 6) is 0. The number of hydrogen-bond acceptors (Lipinski definition) is 1. The van der Waals surface area contributed by atoms with Crippen molar-refractivity contribution in [1.29, 1.82) is 0 Å². The van der Waals surface area contributed by atoms with Gasteiger partial charge in [-0.05, 0) is 18.4 Å². The monoisotopic (exact) mass is 355 g/mol. The SMILES string of the molecule is C=CCN(Cc1ccccc1)[C@H]1CCCC[C@H]1I. The van der Waals surface area contributed by atoms with Crippen molar-refractivity contribution in [3.8, 4) is 0 Å². The largest absolute Gasteiger partial charge is 0.291 e. The molecular formula is C16H22IN. The van der Waals surface area contributed by atoms with Crippen LogP contribution in [0, 0.1) is 0 Å². The van der Waals surface area contributed by atoms with E-state index in [1.54, 1.807) is 0 Å². The molecule has 2 heteroatoms. The molecule has 1 aromatic rings. The Balaban J connectivity index is 2.05. The molecule has 18 heavy (non-hydrogen) atoms. The average Bonchev–Trinajstić information content (AvgIpc) is 2.40. The number of rotatable bonds is 5. The van der Waals surface area contributed by atoms with Gasteiger partial charge in [0.25, 0.3) is 0 Å². The van der Waals surface area contributed by atoms with Gasteiger partial charge in [-0.2, -0.15) is 0 Å². The highest BCUT2D eigenvalue weighted by molar-refractivity contribution is 14.1. The topological polar surface area (TPSA) is 3.24 Å². The second-order valence-corrected chi connectivity index (χ2v) is 6.67. The minimum absolute atomic E-state index is 0.720. The van der Waals surface area contributed by atoms with Gasteiger partial charge in [-0.1, -0.05) is 71.8 Å². The maximum Gasteiger partial charge on any atom is 0.0266 e. The molecule has 0 heterocycles. The van der Waals surface area contributed by atoms with Gasteiger partial charge in [0.2, 0.25) is 0 Å². The first-order valence-corrected chi connectivity index (χ1v) is 8.09. The van der Waals surface area contributed by atoms with E-state index < -0.39 is 0 Å². The van der Waals surface area contributed by atoms with Crippen LogP contribution in [0.1, 0.15) is 31.2 Å². The molecule has 0 amide bonds. The lowest BCUT2D eigenvalue weighted by molar-refractivity contribution is 0.175. The van der Waals surface area contributed by atoms with Crippen LogP contribution in [0.15, 0.2) is 43.0 Å². The van der Waals surface area contributed by atoms with E-state index in [4.69, 9.17) is 0 Å². The number of alkyl halides is 1. The molecule has 0 spiro atoms. The lowest BCUT2D eigenvalue weighted by Gasteiger charge is -2.37. The molecule has 0 N–H and O–H groups in total. The fraction of sp³-hybridized carbons (Fsp3) is 0.500. The Kier molecular flexibility index (Phi) is 5.70. The Morgan fingerprint density at radius 1 is 1.22 bits per heavy atom. The van der Waals surface area contributed by atoms with Gasteiger partial charge in [0.1, 0.15) is 0 Å². The van der Waals surface area contributed by atoms with Gasteiger partial charge < -0.3 is 0 Å². The van der Waals surface area contributed by atoms with E-state index in [0.717, 1.165) is 23.1 Å². The summed E-state index contributed by atoms with van der Waals surface area (Å²) in [6.45, 7) is 5.97. The summed E-state index contributed by atoms with van der Waals surface area (Å²) in [6.07, 6.45) is 7.53. The first-order valence-electron chi connectivity index (χ1n) is 6.84. The van der Waals surface area contributed by atoms with Crippen molar-refractivity contribution in [1.82, 2.24) is 4.90 Å². The van der Waals surface area contributed by atoms with Crippen LogP contribution in [0.3, 0.4) is 0 Å². The van der Waals surface area contributed by atoms with Gasteiger partial charge in [-0.15, -0.1) is 6.58 Å². The molecule has 1 fully saturated rings. The van der Waals surface area contributed by atoms with Crippen LogP contribution in [-0.2, 0) is 6.54 Å². The second-order valence-electron chi connectivity index (χ2n) is 5.07. The highest BCUT2D eigenvalue weighted by Gasteiger charge is 2.27. The molecule has 1 aliphatic carbocycles. The van der Waals surface area contributed by atoms with Crippen molar-refractivity contribution in [2.24, 2.45) is 0 Å². The summed E-state index contributed by atoms with van der Waals surface area (Å²) >= 11 is 2.64. The molecule has 1 nitrogen and oxygen atoms in total. The van der Waals surface area contributed by atoms with Crippen LogP contribution >= 0.6 is 22.6 Å². The Morgan fingerprint density at radius 2 is 1.94 bits per heavy atom. The molecule has 0 saturated heterocycles. The normalized spacial score (nSPS) is 24.1. The third-order valence-electron chi connectivity index (χ3n) is 3.71. The lowest BCUT2D eigenvalue weighted by Crippen LogP contribution is -2.42. The van der Waals surface area contributed by atoms with E-state index in [9.17, 15) is 0 Å². The summed E-state index contributed by atoms with van der Waals surface area (Å²) in [5.41, 5.74) is 1.41. The first kappa shape index (κ1) is 14.1. The van der Waals surface area contributed by atoms with Crippen molar-refractivity contribution >= 4 is 22.6 Å². The molecule has 0 radical (unpaired) electrons. The maximum absolute atomic E-state index is 3.92. The van der Waals surface area contributed by atoms with E-state index >= 15 is 0 Å². The molecule has 1 aromatic carbocycles. The fourth-order valence-electron chi connectivity index (χ4n) is 2.78. The van der Waals surface area contributed by atoms with E-state index in [2.05, 4.69) is 64.4 Å². The van der Waals surface area contributed by atoms with Crippen LogP contribution < -0.4 is 0 Å². The molecule has 2 rings (SSSR count). The van der Waals surface area contributed by atoms with Crippen LogP contribution in [0.2, 0.25) is 0 Å². The van der Waals surface area contributed by atoms with Gasteiger partial charge in [0.05, 0.1) is 0 Å².